The number of carbonyl (C=O) groups is 1. The number of carbonyl (C=O) groups excluding carboxylic acids is 1. The van der Waals surface area contributed by atoms with Crippen molar-refractivity contribution in [2.45, 2.75) is 45.4 Å². The average molecular weight is 411 g/mol. The van der Waals surface area contributed by atoms with Gasteiger partial charge in [0.2, 0.25) is 0 Å². The molecule has 2 atom stereocenters. The third kappa shape index (κ3) is 4.10. The Morgan fingerprint density at radius 3 is 2.77 bits per heavy atom. The van der Waals surface area contributed by atoms with Crippen molar-refractivity contribution in [3.05, 3.63) is 53.6 Å². The number of amides is 1. The fourth-order valence-corrected chi connectivity index (χ4v) is 4.11. The molecule has 160 valence electrons. The van der Waals surface area contributed by atoms with Crippen LogP contribution in [0, 0.1) is 0 Å². The number of anilines is 1. The lowest BCUT2D eigenvalue weighted by Gasteiger charge is -2.39. The van der Waals surface area contributed by atoms with Crippen LogP contribution >= 0.6 is 0 Å². The van der Waals surface area contributed by atoms with Crippen molar-refractivity contribution < 1.29 is 19.0 Å². The second-order valence-electron chi connectivity index (χ2n) is 7.64. The predicted molar refractivity (Wildman–Crippen MR) is 116 cm³/mol. The highest BCUT2D eigenvalue weighted by Crippen LogP contribution is 2.41. The van der Waals surface area contributed by atoms with E-state index in [1.54, 1.807) is 0 Å². The summed E-state index contributed by atoms with van der Waals surface area (Å²) < 4.78 is 17.8. The Morgan fingerprint density at radius 1 is 1.13 bits per heavy atom. The second-order valence-corrected chi connectivity index (χ2v) is 7.64. The van der Waals surface area contributed by atoms with Crippen LogP contribution in [0.4, 0.5) is 5.69 Å². The van der Waals surface area contributed by atoms with Crippen molar-refractivity contribution in [2.75, 3.05) is 31.7 Å². The summed E-state index contributed by atoms with van der Waals surface area (Å²) >= 11 is 0. The first-order chi connectivity index (χ1) is 14.7. The molecule has 2 unspecified atom stereocenters. The Labute approximate surface area is 178 Å². The number of hydrogen-bond donors (Lipinski definition) is 1. The summed E-state index contributed by atoms with van der Waals surface area (Å²) in [6, 6.07) is 13.5. The molecule has 1 saturated heterocycles. The summed E-state index contributed by atoms with van der Waals surface area (Å²) in [5.74, 6) is 1.41. The van der Waals surface area contributed by atoms with E-state index >= 15 is 0 Å². The molecule has 1 fully saturated rings. The van der Waals surface area contributed by atoms with Gasteiger partial charge in [-0.1, -0.05) is 31.2 Å². The van der Waals surface area contributed by atoms with Crippen LogP contribution in [0.25, 0.3) is 0 Å². The number of rotatable bonds is 8. The number of hydrogen-bond acceptors (Lipinski definition) is 5. The van der Waals surface area contributed by atoms with Gasteiger partial charge in [-0.25, -0.2) is 0 Å². The standard InChI is InChI=1S/C24H30N2O4/c1-3-14-30-22-19(11-7-13-21(22)28-4-2)23-25-20-12-6-5-10-18(20)24(27)26(23)16-17-9-8-15-29-17/h5-7,10-13,17,23,25H,3-4,8-9,14-16H2,1-2H3. The van der Waals surface area contributed by atoms with Gasteiger partial charge in [0.1, 0.15) is 6.17 Å². The first kappa shape index (κ1) is 20.5. The van der Waals surface area contributed by atoms with Crippen LogP contribution in [0.15, 0.2) is 42.5 Å². The van der Waals surface area contributed by atoms with Crippen LogP contribution in [0.3, 0.4) is 0 Å². The zero-order chi connectivity index (χ0) is 20.9. The van der Waals surface area contributed by atoms with Crippen molar-refractivity contribution in [1.82, 2.24) is 4.90 Å². The smallest absolute Gasteiger partial charge is 0.257 e. The summed E-state index contributed by atoms with van der Waals surface area (Å²) in [7, 11) is 0. The minimum absolute atomic E-state index is 0.00750. The first-order valence-electron chi connectivity index (χ1n) is 10.9. The van der Waals surface area contributed by atoms with Crippen molar-refractivity contribution in [2.24, 2.45) is 0 Å². The first-order valence-corrected chi connectivity index (χ1v) is 10.9. The maximum atomic E-state index is 13.5. The van der Waals surface area contributed by atoms with E-state index in [0.717, 1.165) is 37.1 Å². The monoisotopic (exact) mass is 410 g/mol. The number of benzene rings is 2. The molecule has 0 spiro atoms. The van der Waals surface area contributed by atoms with Gasteiger partial charge in [-0.2, -0.15) is 0 Å². The van der Waals surface area contributed by atoms with Crippen LogP contribution in [0.5, 0.6) is 11.5 Å². The number of nitrogens with one attached hydrogen (secondary N) is 1. The summed E-state index contributed by atoms with van der Waals surface area (Å²) in [6.45, 7) is 6.46. The minimum atomic E-state index is -0.358. The maximum absolute atomic E-state index is 13.5. The van der Waals surface area contributed by atoms with Crippen LogP contribution in [-0.2, 0) is 4.74 Å². The lowest BCUT2D eigenvalue weighted by molar-refractivity contribution is 0.0423. The van der Waals surface area contributed by atoms with Gasteiger partial charge in [0, 0.05) is 24.4 Å². The highest BCUT2D eigenvalue weighted by atomic mass is 16.5. The topological polar surface area (TPSA) is 60.0 Å². The van der Waals surface area contributed by atoms with E-state index in [1.165, 1.54) is 0 Å². The molecule has 1 amide bonds. The molecule has 2 aromatic carbocycles. The highest BCUT2D eigenvalue weighted by molar-refractivity contribution is 6.01. The summed E-state index contributed by atoms with van der Waals surface area (Å²) in [4.78, 5) is 15.4. The summed E-state index contributed by atoms with van der Waals surface area (Å²) in [5.41, 5.74) is 2.42. The van der Waals surface area contributed by atoms with Crippen LogP contribution in [-0.4, -0.2) is 43.3 Å². The minimum Gasteiger partial charge on any atom is -0.490 e. The van der Waals surface area contributed by atoms with E-state index in [4.69, 9.17) is 14.2 Å². The predicted octanol–water partition coefficient (Wildman–Crippen LogP) is 4.62. The largest absolute Gasteiger partial charge is 0.490 e. The fourth-order valence-electron chi connectivity index (χ4n) is 4.11. The van der Waals surface area contributed by atoms with Gasteiger partial charge in [0.05, 0.1) is 24.9 Å². The Kier molecular flexibility index (Phi) is 6.43. The molecule has 1 N–H and O–H groups in total. The van der Waals surface area contributed by atoms with E-state index in [-0.39, 0.29) is 18.2 Å². The normalized spacial score (nSPS) is 20.6. The van der Waals surface area contributed by atoms with E-state index < -0.39 is 0 Å². The number of nitrogens with zero attached hydrogens (tertiary/aromatic N) is 1. The molecule has 6 heteroatoms. The molecule has 2 aromatic rings. The summed E-state index contributed by atoms with van der Waals surface area (Å²) in [6.07, 6.45) is 2.59. The number of ether oxygens (including phenoxy) is 3. The van der Waals surface area contributed by atoms with Crippen molar-refractivity contribution in [3.63, 3.8) is 0 Å². The van der Waals surface area contributed by atoms with Gasteiger partial charge < -0.3 is 24.4 Å². The van der Waals surface area contributed by atoms with Crippen LogP contribution in [0.2, 0.25) is 0 Å². The Hall–Kier alpha value is -2.73. The zero-order valence-electron chi connectivity index (χ0n) is 17.7. The molecule has 0 aromatic heterocycles. The zero-order valence-corrected chi connectivity index (χ0v) is 17.7. The van der Waals surface area contributed by atoms with Gasteiger partial charge in [0.15, 0.2) is 11.5 Å². The molecule has 6 nitrogen and oxygen atoms in total. The van der Waals surface area contributed by atoms with Gasteiger partial charge >= 0.3 is 0 Å². The lowest BCUT2D eigenvalue weighted by atomic mass is 10.0. The average Bonchev–Trinajstić information content (AvgIpc) is 3.28. The van der Waals surface area contributed by atoms with E-state index in [1.807, 2.05) is 54.3 Å². The van der Waals surface area contributed by atoms with E-state index in [9.17, 15) is 4.79 Å². The van der Waals surface area contributed by atoms with Crippen LogP contribution in [0.1, 0.15) is 55.2 Å². The molecule has 30 heavy (non-hydrogen) atoms. The molecule has 0 bridgehead atoms. The lowest BCUT2D eigenvalue weighted by Crippen LogP contribution is -2.46. The van der Waals surface area contributed by atoms with E-state index in [2.05, 4.69) is 12.2 Å². The third-order valence-corrected chi connectivity index (χ3v) is 5.50. The molecular formula is C24H30N2O4. The second kappa shape index (κ2) is 9.39. The molecule has 0 radical (unpaired) electrons. The number of fused-ring (bicyclic) bond motifs is 1. The maximum Gasteiger partial charge on any atom is 0.257 e. The Bertz CT molecular complexity index is 879. The number of para-hydroxylation sites is 2. The third-order valence-electron chi connectivity index (χ3n) is 5.50. The molecule has 2 aliphatic rings. The SMILES string of the molecule is CCCOc1c(OCC)cccc1C1Nc2ccccc2C(=O)N1CC1CCCO1. The molecule has 4 rings (SSSR count). The van der Waals surface area contributed by atoms with Gasteiger partial charge in [-0.15, -0.1) is 0 Å². The highest BCUT2D eigenvalue weighted by Gasteiger charge is 2.37. The van der Waals surface area contributed by atoms with Crippen molar-refractivity contribution in [1.29, 1.82) is 0 Å². The quantitative estimate of drug-likeness (QED) is 0.688. The molecule has 0 saturated carbocycles. The molecular weight excluding hydrogens is 380 g/mol. The van der Waals surface area contributed by atoms with Gasteiger partial charge in [-0.05, 0) is 44.4 Å². The van der Waals surface area contributed by atoms with Crippen molar-refractivity contribution >= 4 is 11.6 Å². The van der Waals surface area contributed by atoms with Gasteiger partial charge in [0.25, 0.3) is 5.91 Å². The fraction of sp³-hybridized carbons (Fsp3) is 0.458. The molecule has 0 aliphatic carbocycles. The van der Waals surface area contributed by atoms with Crippen molar-refractivity contribution in [3.8, 4) is 11.5 Å². The Balaban J connectivity index is 1.76. The molecule has 2 heterocycles. The Morgan fingerprint density at radius 2 is 2.00 bits per heavy atom. The van der Waals surface area contributed by atoms with Gasteiger partial charge in [-0.3, -0.25) is 4.79 Å². The molecule has 2 aliphatic heterocycles. The summed E-state index contributed by atoms with van der Waals surface area (Å²) in [5, 5.41) is 3.57. The van der Waals surface area contributed by atoms with E-state index in [0.29, 0.717) is 36.8 Å². The van der Waals surface area contributed by atoms with Crippen LogP contribution < -0.4 is 14.8 Å².